The van der Waals surface area contributed by atoms with Gasteiger partial charge in [0.05, 0.1) is 4.75 Å². The summed E-state index contributed by atoms with van der Waals surface area (Å²) in [6.07, 6.45) is 4.51. The Hall–Kier alpha value is -0.130. The number of sulfonamides is 1. The minimum absolute atomic E-state index is 0.547. The van der Waals surface area contributed by atoms with Crippen LogP contribution >= 0.6 is 0 Å². The first kappa shape index (κ1) is 11.9. The fourth-order valence-corrected chi connectivity index (χ4v) is 3.60. The lowest BCUT2D eigenvalue weighted by Crippen LogP contribution is -2.51. The highest BCUT2D eigenvalue weighted by molar-refractivity contribution is 7.90. The van der Waals surface area contributed by atoms with E-state index in [2.05, 4.69) is 0 Å². The molecule has 14 heavy (non-hydrogen) atoms. The summed E-state index contributed by atoms with van der Waals surface area (Å²) in [4.78, 5) is 1.91. The molecule has 5 heteroatoms. The van der Waals surface area contributed by atoms with Crippen LogP contribution in [-0.4, -0.2) is 38.7 Å². The van der Waals surface area contributed by atoms with E-state index >= 15 is 0 Å². The quantitative estimate of drug-likeness (QED) is 0.755. The Morgan fingerprint density at radius 3 is 2.07 bits per heavy atom. The van der Waals surface area contributed by atoms with Gasteiger partial charge < -0.3 is 4.90 Å². The van der Waals surface area contributed by atoms with E-state index in [1.54, 1.807) is 0 Å². The average Bonchev–Trinajstić information content (AvgIpc) is 2.02. The topological polar surface area (TPSA) is 63.4 Å². The van der Waals surface area contributed by atoms with Gasteiger partial charge in [0.1, 0.15) is 0 Å². The van der Waals surface area contributed by atoms with Crippen molar-refractivity contribution in [3.8, 4) is 0 Å². The third kappa shape index (κ3) is 2.46. The Balaban J connectivity index is 2.89. The van der Waals surface area contributed by atoms with E-state index in [0.717, 1.165) is 19.3 Å². The molecule has 0 amide bonds. The van der Waals surface area contributed by atoms with Crippen molar-refractivity contribution in [2.45, 2.75) is 36.9 Å². The Bertz CT molecular complexity index is 279. The summed E-state index contributed by atoms with van der Waals surface area (Å²) in [5.41, 5.74) is 0. The number of hydrogen-bond donors (Lipinski definition) is 1. The summed E-state index contributed by atoms with van der Waals surface area (Å²) in [6.45, 7) is 0.547. The molecular formula is C9H20N2O2S. The molecule has 0 atom stereocenters. The zero-order valence-electron chi connectivity index (χ0n) is 8.99. The first-order valence-electron chi connectivity index (χ1n) is 5.04. The van der Waals surface area contributed by atoms with Crippen LogP contribution in [-0.2, 0) is 10.0 Å². The smallest absolute Gasteiger partial charge is 0.216 e. The number of nitrogens with two attached hydrogens (primary N) is 1. The SMILES string of the molecule is CN(C)CC1(S(N)(=O)=O)CCCCC1. The highest BCUT2D eigenvalue weighted by Crippen LogP contribution is 2.34. The van der Waals surface area contributed by atoms with Crippen molar-refractivity contribution in [2.24, 2.45) is 5.14 Å². The van der Waals surface area contributed by atoms with Crippen molar-refractivity contribution in [2.75, 3.05) is 20.6 Å². The molecule has 0 unspecified atom stereocenters. The summed E-state index contributed by atoms with van der Waals surface area (Å²) >= 11 is 0. The number of rotatable bonds is 3. The van der Waals surface area contributed by atoms with Crippen LogP contribution in [0.5, 0.6) is 0 Å². The fourth-order valence-electron chi connectivity index (χ4n) is 2.31. The highest BCUT2D eigenvalue weighted by atomic mass is 32.2. The summed E-state index contributed by atoms with van der Waals surface area (Å²) in [5, 5.41) is 5.34. The second-order valence-corrected chi connectivity index (χ2v) is 6.48. The zero-order valence-corrected chi connectivity index (χ0v) is 9.81. The predicted molar refractivity (Wildman–Crippen MR) is 57.5 cm³/mol. The number of primary sulfonamides is 1. The van der Waals surface area contributed by atoms with Crippen LogP contribution in [0.15, 0.2) is 0 Å². The molecule has 0 aliphatic heterocycles. The Morgan fingerprint density at radius 1 is 1.21 bits per heavy atom. The summed E-state index contributed by atoms with van der Waals surface area (Å²) in [6, 6.07) is 0. The van der Waals surface area contributed by atoms with E-state index in [-0.39, 0.29) is 0 Å². The molecule has 0 radical (unpaired) electrons. The van der Waals surface area contributed by atoms with Crippen LogP contribution in [0.2, 0.25) is 0 Å². The van der Waals surface area contributed by atoms with Crippen LogP contribution in [0.4, 0.5) is 0 Å². The Morgan fingerprint density at radius 2 is 1.71 bits per heavy atom. The van der Waals surface area contributed by atoms with Gasteiger partial charge in [-0.3, -0.25) is 0 Å². The third-order valence-corrected chi connectivity index (χ3v) is 4.72. The molecule has 1 fully saturated rings. The minimum Gasteiger partial charge on any atom is -0.308 e. The molecule has 0 bridgehead atoms. The van der Waals surface area contributed by atoms with Gasteiger partial charge >= 0.3 is 0 Å². The molecule has 2 N–H and O–H groups in total. The van der Waals surface area contributed by atoms with Crippen molar-refractivity contribution in [3.63, 3.8) is 0 Å². The minimum atomic E-state index is -3.42. The molecule has 1 aliphatic carbocycles. The van der Waals surface area contributed by atoms with Gasteiger partial charge in [0, 0.05) is 6.54 Å². The Kier molecular flexibility index (Phi) is 3.55. The van der Waals surface area contributed by atoms with E-state index in [0.29, 0.717) is 19.4 Å². The molecule has 1 aliphatic rings. The summed E-state index contributed by atoms with van der Waals surface area (Å²) < 4.78 is 22.5. The molecule has 0 saturated heterocycles. The highest BCUT2D eigenvalue weighted by Gasteiger charge is 2.42. The monoisotopic (exact) mass is 220 g/mol. The lowest BCUT2D eigenvalue weighted by atomic mass is 9.88. The molecule has 0 heterocycles. The second-order valence-electron chi connectivity index (χ2n) is 4.53. The van der Waals surface area contributed by atoms with E-state index in [4.69, 9.17) is 5.14 Å². The maximum Gasteiger partial charge on any atom is 0.216 e. The lowest BCUT2D eigenvalue weighted by Gasteiger charge is -2.36. The van der Waals surface area contributed by atoms with Crippen molar-refractivity contribution >= 4 is 10.0 Å². The zero-order chi connectivity index (χ0) is 10.8. The standard InChI is InChI=1S/C9H20N2O2S/c1-11(2)8-9(14(10,12)13)6-4-3-5-7-9/h3-8H2,1-2H3,(H2,10,12,13). The van der Waals surface area contributed by atoms with Crippen LogP contribution in [0.1, 0.15) is 32.1 Å². The van der Waals surface area contributed by atoms with Gasteiger partial charge in [-0.25, -0.2) is 13.6 Å². The van der Waals surface area contributed by atoms with E-state index in [1.807, 2.05) is 19.0 Å². The van der Waals surface area contributed by atoms with Crippen molar-refractivity contribution < 1.29 is 8.42 Å². The maximum absolute atomic E-state index is 11.6. The normalized spacial score (nSPS) is 22.6. The van der Waals surface area contributed by atoms with Crippen LogP contribution in [0, 0.1) is 0 Å². The maximum atomic E-state index is 11.6. The van der Waals surface area contributed by atoms with Gasteiger partial charge in [0.2, 0.25) is 10.0 Å². The molecule has 0 aromatic carbocycles. The second kappa shape index (κ2) is 4.16. The van der Waals surface area contributed by atoms with Crippen LogP contribution in [0.25, 0.3) is 0 Å². The third-order valence-electron chi connectivity index (χ3n) is 2.97. The molecule has 1 saturated carbocycles. The summed E-state index contributed by atoms with van der Waals surface area (Å²) in [7, 11) is 0.357. The molecule has 0 spiro atoms. The summed E-state index contributed by atoms with van der Waals surface area (Å²) in [5.74, 6) is 0. The number of nitrogens with zero attached hydrogens (tertiary/aromatic N) is 1. The predicted octanol–water partition coefficient (Wildman–Crippen LogP) is 0.539. The van der Waals surface area contributed by atoms with E-state index in [1.165, 1.54) is 0 Å². The molecule has 0 aromatic heterocycles. The fraction of sp³-hybridized carbons (Fsp3) is 1.00. The molecule has 0 aromatic rings. The number of hydrogen-bond acceptors (Lipinski definition) is 3. The van der Waals surface area contributed by atoms with Gasteiger partial charge in [0.15, 0.2) is 0 Å². The Labute approximate surface area is 86.5 Å². The van der Waals surface area contributed by atoms with Crippen molar-refractivity contribution in [3.05, 3.63) is 0 Å². The van der Waals surface area contributed by atoms with Gasteiger partial charge in [-0.1, -0.05) is 19.3 Å². The largest absolute Gasteiger partial charge is 0.308 e. The van der Waals surface area contributed by atoms with Crippen LogP contribution in [0.3, 0.4) is 0 Å². The first-order valence-corrected chi connectivity index (χ1v) is 6.59. The van der Waals surface area contributed by atoms with Crippen molar-refractivity contribution in [1.29, 1.82) is 0 Å². The van der Waals surface area contributed by atoms with Crippen molar-refractivity contribution in [1.82, 2.24) is 4.90 Å². The van der Waals surface area contributed by atoms with E-state index < -0.39 is 14.8 Å². The molecule has 84 valence electrons. The first-order chi connectivity index (χ1) is 6.37. The average molecular weight is 220 g/mol. The van der Waals surface area contributed by atoms with Gasteiger partial charge in [-0.05, 0) is 26.9 Å². The van der Waals surface area contributed by atoms with Gasteiger partial charge in [-0.15, -0.1) is 0 Å². The molecule has 4 nitrogen and oxygen atoms in total. The molecular weight excluding hydrogens is 200 g/mol. The molecule has 1 rings (SSSR count). The lowest BCUT2D eigenvalue weighted by molar-refractivity contribution is 0.280. The van der Waals surface area contributed by atoms with Gasteiger partial charge in [0.25, 0.3) is 0 Å². The van der Waals surface area contributed by atoms with E-state index in [9.17, 15) is 8.42 Å². The van der Waals surface area contributed by atoms with Crippen LogP contribution < -0.4 is 5.14 Å². The van der Waals surface area contributed by atoms with Gasteiger partial charge in [-0.2, -0.15) is 0 Å².